The summed E-state index contributed by atoms with van der Waals surface area (Å²) < 4.78 is 5.18. The second-order valence-electron chi connectivity index (χ2n) is 5.26. The Kier molecular flexibility index (Phi) is 3.77. The summed E-state index contributed by atoms with van der Waals surface area (Å²) in [5.41, 5.74) is 1.93. The second kappa shape index (κ2) is 5.73. The van der Waals surface area contributed by atoms with E-state index < -0.39 is 12.0 Å². The van der Waals surface area contributed by atoms with Gasteiger partial charge in [-0.1, -0.05) is 18.2 Å². The zero-order chi connectivity index (χ0) is 15.7. The maximum Gasteiger partial charge on any atom is 0.328 e. The van der Waals surface area contributed by atoms with E-state index in [2.05, 4.69) is 4.98 Å². The van der Waals surface area contributed by atoms with Gasteiger partial charge >= 0.3 is 5.97 Å². The lowest BCUT2D eigenvalue weighted by Gasteiger charge is -2.33. The Hall–Kier alpha value is -2.47. The van der Waals surface area contributed by atoms with Crippen molar-refractivity contribution in [2.45, 2.75) is 13.0 Å². The topological polar surface area (TPSA) is 79.7 Å². The fourth-order valence-corrected chi connectivity index (χ4v) is 2.69. The fraction of sp³-hybridized carbons (Fsp3) is 0.312. The Labute approximate surface area is 127 Å². The van der Waals surface area contributed by atoms with E-state index in [0.29, 0.717) is 12.2 Å². The molecule has 22 heavy (non-hydrogen) atoms. The number of ether oxygens (including phenoxy) is 1. The van der Waals surface area contributed by atoms with Gasteiger partial charge in [0.15, 0.2) is 6.04 Å². The summed E-state index contributed by atoms with van der Waals surface area (Å²) in [6.45, 7) is 2.45. The lowest BCUT2D eigenvalue weighted by atomic mass is 10.1. The lowest BCUT2D eigenvalue weighted by Crippen LogP contribution is -2.52. The van der Waals surface area contributed by atoms with Crippen LogP contribution in [0.2, 0.25) is 0 Å². The lowest BCUT2D eigenvalue weighted by molar-refractivity contribution is -0.147. The first-order valence-corrected chi connectivity index (χ1v) is 7.06. The highest BCUT2D eigenvalue weighted by atomic mass is 16.5. The molecule has 1 atom stereocenters. The number of carbonyl (C=O) groups is 2. The zero-order valence-electron chi connectivity index (χ0n) is 12.2. The average Bonchev–Trinajstić information content (AvgIpc) is 2.53. The van der Waals surface area contributed by atoms with Crippen LogP contribution in [0.5, 0.6) is 0 Å². The van der Waals surface area contributed by atoms with E-state index in [4.69, 9.17) is 4.74 Å². The number of pyridine rings is 1. The van der Waals surface area contributed by atoms with Crippen molar-refractivity contribution in [2.24, 2.45) is 0 Å². The quantitative estimate of drug-likeness (QED) is 0.908. The normalized spacial score (nSPS) is 18.4. The molecule has 0 radical (unpaired) electrons. The number of benzene rings is 1. The molecule has 1 aliphatic rings. The van der Waals surface area contributed by atoms with Gasteiger partial charge in [0.25, 0.3) is 5.91 Å². The highest BCUT2D eigenvalue weighted by Crippen LogP contribution is 2.21. The predicted octanol–water partition coefficient (Wildman–Crippen LogP) is 1.47. The zero-order valence-corrected chi connectivity index (χ0v) is 12.2. The van der Waals surface area contributed by atoms with Gasteiger partial charge in [0, 0.05) is 17.6 Å². The molecule has 0 bridgehead atoms. The molecule has 1 aromatic carbocycles. The minimum absolute atomic E-state index is 0.0169. The highest BCUT2D eigenvalue weighted by Gasteiger charge is 2.33. The van der Waals surface area contributed by atoms with E-state index in [9.17, 15) is 14.7 Å². The Morgan fingerprint density at radius 1 is 1.36 bits per heavy atom. The number of fused-ring (bicyclic) bond motifs is 1. The summed E-state index contributed by atoms with van der Waals surface area (Å²) in [5, 5.41) is 10.0. The number of morpholine rings is 1. The van der Waals surface area contributed by atoms with Gasteiger partial charge < -0.3 is 14.7 Å². The summed E-state index contributed by atoms with van der Waals surface area (Å²) >= 11 is 0. The van der Waals surface area contributed by atoms with Crippen LogP contribution in [-0.4, -0.2) is 52.7 Å². The van der Waals surface area contributed by atoms with E-state index in [0.717, 1.165) is 16.6 Å². The first-order chi connectivity index (χ1) is 10.6. The number of hydrogen-bond acceptors (Lipinski definition) is 4. The minimum atomic E-state index is -1.05. The van der Waals surface area contributed by atoms with Crippen LogP contribution in [0.1, 0.15) is 16.1 Å². The van der Waals surface area contributed by atoms with Crippen molar-refractivity contribution >= 4 is 22.8 Å². The molecule has 1 N–H and O–H groups in total. The Balaban J connectivity index is 2.06. The van der Waals surface area contributed by atoms with Crippen molar-refractivity contribution in [3.63, 3.8) is 0 Å². The second-order valence-corrected chi connectivity index (χ2v) is 5.26. The largest absolute Gasteiger partial charge is 0.480 e. The number of aromatic nitrogens is 1. The molecular weight excluding hydrogens is 284 g/mol. The van der Waals surface area contributed by atoms with Gasteiger partial charge in [-0.15, -0.1) is 0 Å². The van der Waals surface area contributed by atoms with Crippen LogP contribution in [0, 0.1) is 6.92 Å². The van der Waals surface area contributed by atoms with Crippen LogP contribution >= 0.6 is 0 Å². The Bertz CT molecular complexity index is 744. The number of nitrogens with zero attached hydrogens (tertiary/aromatic N) is 2. The number of aliphatic carboxylic acids is 1. The first kappa shape index (κ1) is 14.5. The van der Waals surface area contributed by atoms with Crippen LogP contribution in [0.25, 0.3) is 10.9 Å². The van der Waals surface area contributed by atoms with Crippen LogP contribution in [0.3, 0.4) is 0 Å². The molecule has 6 nitrogen and oxygen atoms in total. The molecule has 114 valence electrons. The molecule has 1 saturated heterocycles. The first-order valence-electron chi connectivity index (χ1n) is 7.06. The van der Waals surface area contributed by atoms with Gasteiger partial charge in [-0.05, 0) is 19.1 Å². The third-order valence-electron chi connectivity index (χ3n) is 3.75. The maximum atomic E-state index is 12.9. The minimum Gasteiger partial charge on any atom is -0.480 e. The SMILES string of the molecule is Cc1cc(C(=O)N2CCOC[C@@H]2C(=O)O)c2ccccc2n1. The molecule has 3 rings (SSSR count). The molecular formula is C16H16N2O4. The number of hydrogen-bond donors (Lipinski definition) is 1. The van der Waals surface area contributed by atoms with E-state index >= 15 is 0 Å². The monoisotopic (exact) mass is 300 g/mol. The fourth-order valence-electron chi connectivity index (χ4n) is 2.69. The van der Waals surface area contributed by atoms with Crippen LogP contribution < -0.4 is 0 Å². The van der Waals surface area contributed by atoms with E-state index in [1.54, 1.807) is 6.07 Å². The van der Waals surface area contributed by atoms with Crippen molar-refractivity contribution in [1.82, 2.24) is 9.88 Å². The molecule has 1 aromatic heterocycles. The summed E-state index contributed by atoms with van der Waals surface area (Å²) in [6.07, 6.45) is 0. The maximum absolute atomic E-state index is 12.9. The summed E-state index contributed by atoms with van der Waals surface area (Å²) in [4.78, 5) is 30.0. The predicted molar refractivity (Wildman–Crippen MR) is 79.8 cm³/mol. The molecule has 1 amide bonds. The van der Waals surface area contributed by atoms with Crippen molar-refractivity contribution in [2.75, 3.05) is 19.8 Å². The molecule has 0 spiro atoms. The number of carbonyl (C=O) groups excluding carboxylic acids is 1. The molecule has 6 heteroatoms. The van der Waals surface area contributed by atoms with Crippen molar-refractivity contribution in [3.05, 3.63) is 41.6 Å². The average molecular weight is 300 g/mol. The molecule has 0 saturated carbocycles. The van der Waals surface area contributed by atoms with Gasteiger partial charge in [0.05, 0.1) is 24.3 Å². The number of para-hydroxylation sites is 1. The van der Waals surface area contributed by atoms with Crippen molar-refractivity contribution in [3.8, 4) is 0 Å². The summed E-state index contributed by atoms with van der Waals surface area (Å²) in [5.74, 6) is -1.35. The van der Waals surface area contributed by atoms with E-state index in [1.807, 2.05) is 31.2 Å². The van der Waals surface area contributed by atoms with Crippen LogP contribution in [-0.2, 0) is 9.53 Å². The number of rotatable bonds is 2. The molecule has 1 fully saturated rings. The number of aryl methyl sites for hydroxylation is 1. The summed E-state index contributed by atoms with van der Waals surface area (Å²) in [6, 6.07) is 8.12. The summed E-state index contributed by atoms with van der Waals surface area (Å²) in [7, 11) is 0. The Morgan fingerprint density at radius 3 is 2.91 bits per heavy atom. The number of carboxylic acids is 1. The molecule has 2 heterocycles. The Morgan fingerprint density at radius 2 is 2.14 bits per heavy atom. The van der Waals surface area contributed by atoms with Gasteiger partial charge in [-0.3, -0.25) is 9.78 Å². The molecule has 0 unspecified atom stereocenters. The molecule has 0 aliphatic carbocycles. The molecule has 1 aliphatic heterocycles. The van der Waals surface area contributed by atoms with Crippen LogP contribution in [0.4, 0.5) is 0 Å². The van der Waals surface area contributed by atoms with Gasteiger partial charge in [-0.2, -0.15) is 0 Å². The van der Waals surface area contributed by atoms with E-state index in [1.165, 1.54) is 4.90 Å². The van der Waals surface area contributed by atoms with Gasteiger partial charge in [-0.25, -0.2) is 4.79 Å². The van der Waals surface area contributed by atoms with Crippen molar-refractivity contribution < 1.29 is 19.4 Å². The smallest absolute Gasteiger partial charge is 0.328 e. The van der Waals surface area contributed by atoms with Gasteiger partial charge in [0.1, 0.15) is 0 Å². The van der Waals surface area contributed by atoms with E-state index in [-0.39, 0.29) is 19.1 Å². The number of carboxylic acid groups (broad SMARTS) is 1. The standard InChI is InChI=1S/C16H16N2O4/c1-10-8-12(11-4-2-3-5-13(11)17-10)15(19)18-6-7-22-9-14(18)16(20)21/h2-5,8,14H,6-7,9H2,1H3,(H,20,21)/t14-/m1/s1. The molecule has 2 aromatic rings. The van der Waals surface area contributed by atoms with Crippen molar-refractivity contribution in [1.29, 1.82) is 0 Å². The number of amides is 1. The third-order valence-corrected chi connectivity index (χ3v) is 3.75. The van der Waals surface area contributed by atoms with Crippen LogP contribution in [0.15, 0.2) is 30.3 Å². The highest BCUT2D eigenvalue weighted by molar-refractivity contribution is 6.07. The van der Waals surface area contributed by atoms with Gasteiger partial charge in [0.2, 0.25) is 0 Å². The third kappa shape index (κ3) is 2.53.